The molecule has 3 N–H and O–H groups in total. The van der Waals surface area contributed by atoms with Crippen LogP contribution in [0.15, 0.2) is 60.7 Å². The molecule has 0 aliphatic carbocycles. The summed E-state index contributed by atoms with van der Waals surface area (Å²) < 4.78 is 0. The zero-order valence-electron chi connectivity index (χ0n) is 11.7. The zero-order chi connectivity index (χ0) is 14.4. The Balaban J connectivity index is 1.93. The second-order valence-electron chi connectivity index (χ2n) is 5.25. The number of carbonyl (C=O) groups is 1. The molecule has 0 saturated carbocycles. The molecule has 1 amide bonds. The minimum Gasteiger partial charge on any atom is -0.350 e. The van der Waals surface area contributed by atoms with Crippen LogP contribution < -0.4 is 11.1 Å². The quantitative estimate of drug-likeness (QED) is 0.874. The van der Waals surface area contributed by atoms with Crippen molar-refractivity contribution in [3.63, 3.8) is 0 Å². The standard InChI is InChI=1S/C17H20N2O/c1-17(18,12-14-8-4-2-5-9-14)16(20)19-13-15-10-6-3-7-11-15/h2-11H,12-13,18H2,1H3,(H,19,20)/t17-/m1/s1. The lowest BCUT2D eigenvalue weighted by Gasteiger charge is -2.23. The first-order valence-corrected chi connectivity index (χ1v) is 6.73. The Morgan fingerprint density at radius 3 is 2.05 bits per heavy atom. The van der Waals surface area contributed by atoms with Gasteiger partial charge in [0, 0.05) is 6.54 Å². The molecule has 0 aromatic heterocycles. The van der Waals surface area contributed by atoms with E-state index in [4.69, 9.17) is 5.73 Å². The third kappa shape index (κ3) is 3.93. The molecule has 0 heterocycles. The van der Waals surface area contributed by atoms with Crippen LogP contribution >= 0.6 is 0 Å². The number of rotatable bonds is 5. The molecule has 2 rings (SSSR count). The van der Waals surface area contributed by atoms with E-state index in [1.807, 2.05) is 60.7 Å². The summed E-state index contributed by atoms with van der Waals surface area (Å²) >= 11 is 0. The number of hydrogen-bond acceptors (Lipinski definition) is 2. The van der Waals surface area contributed by atoms with Crippen molar-refractivity contribution in [1.82, 2.24) is 5.32 Å². The van der Waals surface area contributed by atoms with E-state index >= 15 is 0 Å². The largest absolute Gasteiger partial charge is 0.350 e. The highest BCUT2D eigenvalue weighted by atomic mass is 16.2. The van der Waals surface area contributed by atoms with Crippen LogP contribution in [0.1, 0.15) is 18.1 Å². The molecule has 104 valence electrons. The molecule has 0 bridgehead atoms. The van der Waals surface area contributed by atoms with Crippen LogP contribution in [0.25, 0.3) is 0 Å². The average molecular weight is 268 g/mol. The number of nitrogens with one attached hydrogen (secondary N) is 1. The van der Waals surface area contributed by atoms with Crippen molar-refractivity contribution in [1.29, 1.82) is 0 Å². The van der Waals surface area contributed by atoms with Crippen molar-refractivity contribution in [3.05, 3.63) is 71.8 Å². The zero-order valence-corrected chi connectivity index (χ0v) is 11.7. The first kappa shape index (κ1) is 14.3. The fourth-order valence-electron chi connectivity index (χ4n) is 2.08. The Kier molecular flexibility index (Phi) is 4.53. The lowest BCUT2D eigenvalue weighted by atomic mass is 9.93. The molecule has 2 aromatic rings. The smallest absolute Gasteiger partial charge is 0.240 e. The number of hydrogen-bond donors (Lipinski definition) is 2. The van der Waals surface area contributed by atoms with Gasteiger partial charge in [-0.1, -0.05) is 60.7 Å². The van der Waals surface area contributed by atoms with Gasteiger partial charge in [-0.3, -0.25) is 4.79 Å². The number of carbonyl (C=O) groups excluding carboxylic acids is 1. The van der Waals surface area contributed by atoms with Gasteiger partial charge in [0.1, 0.15) is 0 Å². The van der Waals surface area contributed by atoms with E-state index in [9.17, 15) is 4.79 Å². The van der Waals surface area contributed by atoms with Crippen molar-refractivity contribution >= 4 is 5.91 Å². The third-order valence-corrected chi connectivity index (χ3v) is 3.23. The van der Waals surface area contributed by atoms with E-state index in [-0.39, 0.29) is 5.91 Å². The van der Waals surface area contributed by atoms with Gasteiger partial charge in [-0.15, -0.1) is 0 Å². The molecule has 2 aromatic carbocycles. The van der Waals surface area contributed by atoms with E-state index in [2.05, 4.69) is 5.32 Å². The van der Waals surface area contributed by atoms with E-state index in [1.54, 1.807) is 6.92 Å². The SMILES string of the molecule is C[C@@](N)(Cc1ccccc1)C(=O)NCc1ccccc1. The van der Waals surface area contributed by atoms with Gasteiger partial charge < -0.3 is 11.1 Å². The van der Waals surface area contributed by atoms with Crippen molar-refractivity contribution < 1.29 is 4.79 Å². The molecular formula is C17H20N2O. The number of nitrogens with two attached hydrogens (primary N) is 1. The number of amides is 1. The van der Waals surface area contributed by atoms with Gasteiger partial charge in [0.25, 0.3) is 0 Å². The Morgan fingerprint density at radius 1 is 1.00 bits per heavy atom. The summed E-state index contributed by atoms with van der Waals surface area (Å²) in [6, 6.07) is 19.6. The first-order valence-electron chi connectivity index (χ1n) is 6.73. The van der Waals surface area contributed by atoms with Crippen molar-refractivity contribution in [2.45, 2.75) is 25.4 Å². The molecular weight excluding hydrogens is 248 g/mol. The number of benzene rings is 2. The predicted octanol–water partition coefficient (Wildman–Crippen LogP) is 2.26. The Morgan fingerprint density at radius 2 is 1.50 bits per heavy atom. The lowest BCUT2D eigenvalue weighted by Crippen LogP contribution is -2.52. The molecule has 20 heavy (non-hydrogen) atoms. The van der Waals surface area contributed by atoms with Gasteiger partial charge in [0.15, 0.2) is 0 Å². The summed E-state index contributed by atoms with van der Waals surface area (Å²) in [6.07, 6.45) is 0.522. The lowest BCUT2D eigenvalue weighted by molar-refractivity contribution is -0.125. The average Bonchev–Trinajstić information content (AvgIpc) is 2.46. The molecule has 0 spiro atoms. The molecule has 0 radical (unpaired) electrons. The second-order valence-corrected chi connectivity index (χ2v) is 5.25. The van der Waals surface area contributed by atoms with Crippen LogP contribution in [0, 0.1) is 0 Å². The van der Waals surface area contributed by atoms with Crippen LogP contribution in [0.2, 0.25) is 0 Å². The summed E-state index contributed by atoms with van der Waals surface area (Å²) in [6.45, 7) is 2.27. The minimum absolute atomic E-state index is 0.134. The maximum atomic E-state index is 12.2. The van der Waals surface area contributed by atoms with Crippen LogP contribution in [-0.4, -0.2) is 11.4 Å². The van der Waals surface area contributed by atoms with Crippen molar-refractivity contribution in [3.8, 4) is 0 Å². The topological polar surface area (TPSA) is 55.1 Å². The third-order valence-electron chi connectivity index (χ3n) is 3.23. The van der Waals surface area contributed by atoms with E-state index in [1.165, 1.54) is 0 Å². The van der Waals surface area contributed by atoms with Gasteiger partial charge in [0.2, 0.25) is 5.91 Å². The molecule has 0 fully saturated rings. The van der Waals surface area contributed by atoms with Crippen molar-refractivity contribution in [2.24, 2.45) is 5.73 Å². The molecule has 0 saturated heterocycles. The molecule has 3 nitrogen and oxygen atoms in total. The summed E-state index contributed by atoms with van der Waals surface area (Å²) in [5, 5.41) is 2.90. The Labute approximate surface area is 119 Å². The van der Waals surface area contributed by atoms with Crippen LogP contribution in [-0.2, 0) is 17.8 Å². The first-order chi connectivity index (χ1) is 9.58. The molecule has 0 aliphatic rings. The fourth-order valence-corrected chi connectivity index (χ4v) is 2.08. The normalized spacial score (nSPS) is 13.5. The molecule has 0 unspecified atom stereocenters. The van der Waals surface area contributed by atoms with E-state index in [0.717, 1.165) is 11.1 Å². The summed E-state index contributed by atoms with van der Waals surface area (Å²) in [4.78, 5) is 12.2. The summed E-state index contributed by atoms with van der Waals surface area (Å²) in [5.74, 6) is -0.134. The Hall–Kier alpha value is -2.13. The van der Waals surface area contributed by atoms with Gasteiger partial charge in [-0.2, -0.15) is 0 Å². The monoisotopic (exact) mass is 268 g/mol. The van der Waals surface area contributed by atoms with Crippen molar-refractivity contribution in [2.75, 3.05) is 0 Å². The molecule has 1 atom stereocenters. The maximum Gasteiger partial charge on any atom is 0.240 e. The van der Waals surface area contributed by atoms with Gasteiger partial charge in [-0.05, 0) is 24.5 Å². The van der Waals surface area contributed by atoms with E-state index in [0.29, 0.717) is 13.0 Å². The predicted molar refractivity (Wildman–Crippen MR) is 81.0 cm³/mol. The summed E-state index contributed by atoms with van der Waals surface area (Å²) in [7, 11) is 0. The van der Waals surface area contributed by atoms with Gasteiger partial charge in [-0.25, -0.2) is 0 Å². The maximum absolute atomic E-state index is 12.2. The highest BCUT2D eigenvalue weighted by Crippen LogP contribution is 2.11. The van der Waals surface area contributed by atoms with E-state index < -0.39 is 5.54 Å². The molecule has 0 aliphatic heterocycles. The van der Waals surface area contributed by atoms with Gasteiger partial charge in [0.05, 0.1) is 5.54 Å². The minimum atomic E-state index is -0.907. The Bertz CT molecular complexity index is 550. The highest BCUT2D eigenvalue weighted by Gasteiger charge is 2.28. The van der Waals surface area contributed by atoms with Crippen LogP contribution in [0.3, 0.4) is 0 Å². The second kappa shape index (κ2) is 6.35. The highest BCUT2D eigenvalue weighted by molar-refractivity contribution is 5.85. The van der Waals surface area contributed by atoms with Crippen LogP contribution in [0.4, 0.5) is 0 Å². The molecule has 3 heteroatoms. The van der Waals surface area contributed by atoms with Crippen LogP contribution in [0.5, 0.6) is 0 Å². The summed E-state index contributed by atoms with van der Waals surface area (Å²) in [5.41, 5.74) is 7.37. The fraction of sp³-hybridized carbons (Fsp3) is 0.235. The van der Waals surface area contributed by atoms with Gasteiger partial charge >= 0.3 is 0 Å².